The standard InChI is InChI=1S/ClHO.3ClH.H2O/c1-2;;;;/h2H;3*1H;1H2. The van der Waals surface area contributed by atoms with E-state index in [2.05, 4.69) is 11.9 Å². The maximum Gasteiger partial charge on any atom is 0.0579 e. The summed E-state index contributed by atoms with van der Waals surface area (Å²) in [6, 6.07) is 0. The minimum absolute atomic E-state index is 0. The van der Waals surface area contributed by atoms with Crippen molar-refractivity contribution in [2.45, 2.75) is 0 Å². The Morgan fingerprint density at radius 3 is 0.833 bits per heavy atom. The fourth-order valence-electron chi connectivity index (χ4n) is 0. The van der Waals surface area contributed by atoms with E-state index in [1.165, 1.54) is 0 Å². The van der Waals surface area contributed by atoms with E-state index >= 15 is 0 Å². The normalized spacial score (nSPS) is 1.00. The highest BCUT2D eigenvalue weighted by Crippen LogP contribution is 1.31. The van der Waals surface area contributed by atoms with Crippen molar-refractivity contribution in [1.29, 1.82) is 0 Å². The van der Waals surface area contributed by atoms with Crippen molar-refractivity contribution in [3.63, 3.8) is 0 Å². The minimum atomic E-state index is 0. The molecule has 3 N–H and O–H groups in total. The third kappa shape index (κ3) is 72.5. The molecule has 0 spiro atoms. The van der Waals surface area contributed by atoms with Crippen molar-refractivity contribution in [2.24, 2.45) is 0 Å². The molecule has 0 atom stereocenters. The van der Waals surface area contributed by atoms with Crippen molar-refractivity contribution in [3.8, 4) is 0 Å². The number of hydrogen-bond acceptors (Lipinski definition) is 1. The van der Waals surface area contributed by atoms with Gasteiger partial charge in [0.2, 0.25) is 0 Å². The lowest BCUT2D eigenvalue weighted by molar-refractivity contribution is 0.632. The number of halogens is 4. The van der Waals surface area contributed by atoms with Gasteiger partial charge in [-0.2, -0.15) is 0 Å². The maximum absolute atomic E-state index is 6.47. The van der Waals surface area contributed by atoms with Crippen LogP contribution in [0.25, 0.3) is 0 Å². The Bertz CT molecular complexity index is 5.51. The lowest BCUT2D eigenvalue weighted by Crippen LogP contribution is -0.913. The summed E-state index contributed by atoms with van der Waals surface area (Å²) in [5.74, 6) is 0. The molecule has 2 nitrogen and oxygen atoms in total. The molecule has 0 aromatic rings. The molecule has 0 aromatic carbocycles. The molecule has 0 amide bonds. The van der Waals surface area contributed by atoms with Gasteiger partial charge in [0.25, 0.3) is 0 Å². The average Bonchev–Trinajstić information content (AvgIpc) is 1.00. The molecule has 0 bridgehead atoms. The minimum Gasteiger partial charge on any atom is -0.412 e. The first-order valence-electron chi connectivity index (χ1n) is 0.169. The van der Waals surface area contributed by atoms with Crippen molar-refractivity contribution >= 4 is 49.1 Å². The molecule has 0 radical (unpaired) electrons. The summed E-state index contributed by atoms with van der Waals surface area (Å²) in [5.41, 5.74) is 0. The molecule has 0 saturated carbocycles. The zero-order valence-electron chi connectivity index (χ0n) is 2.55. The molecule has 0 rings (SSSR count). The van der Waals surface area contributed by atoms with Gasteiger partial charge in [0.1, 0.15) is 0 Å². The van der Waals surface area contributed by atoms with Crippen LogP contribution in [-0.4, -0.2) is 10.1 Å². The molecule has 46 valence electrons. The summed E-state index contributed by atoms with van der Waals surface area (Å²) in [7, 11) is 0. The summed E-state index contributed by atoms with van der Waals surface area (Å²) in [6.45, 7) is 0. The van der Waals surface area contributed by atoms with Crippen molar-refractivity contribution in [3.05, 3.63) is 0 Å². The molecule has 0 heterocycles. The molecular weight excluding hydrogens is 174 g/mol. The van der Waals surface area contributed by atoms with Gasteiger partial charge in [0, 0.05) is 0 Å². The van der Waals surface area contributed by atoms with E-state index in [1.807, 2.05) is 0 Å². The monoisotopic (exact) mass is 178 g/mol. The van der Waals surface area contributed by atoms with Crippen molar-refractivity contribution < 1.29 is 10.1 Å². The van der Waals surface area contributed by atoms with E-state index in [0.717, 1.165) is 0 Å². The van der Waals surface area contributed by atoms with Crippen LogP contribution in [0, 0.1) is 0 Å². The van der Waals surface area contributed by atoms with Gasteiger partial charge in [0.05, 0.1) is 11.9 Å². The SMILES string of the molecule is Cl.Cl.Cl.O.OCl. The largest absolute Gasteiger partial charge is 0.412 e. The highest BCUT2D eigenvalue weighted by atomic mass is 35.5. The van der Waals surface area contributed by atoms with Gasteiger partial charge < -0.3 is 5.48 Å². The van der Waals surface area contributed by atoms with Crippen LogP contribution in [0.3, 0.4) is 0 Å². The molecule has 0 saturated heterocycles. The second-order valence-electron chi connectivity index (χ2n) is 0. The predicted molar refractivity (Wildman–Crippen MR) is 33.4 cm³/mol. The van der Waals surface area contributed by atoms with Gasteiger partial charge in [-0.1, -0.05) is 0 Å². The zero-order chi connectivity index (χ0) is 2.00. The molecule has 6 heteroatoms. The van der Waals surface area contributed by atoms with E-state index < -0.39 is 0 Å². The fourth-order valence-corrected chi connectivity index (χ4v) is 0. The number of hydrogen-bond donors (Lipinski definition) is 1. The van der Waals surface area contributed by atoms with E-state index in [0.29, 0.717) is 0 Å². The Kier molecular flexibility index (Phi) is 1360. The predicted octanol–water partition coefficient (Wildman–Crippen LogP) is 0.573. The van der Waals surface area contributed by atoms with Crippen LogP contribution >= 0.6 is 49.1 Å². The van der Waals surface area contributed by atoms with Gasteiger partial charge in [-0.3, -0.25) is 4.66 Å². The third-order valence-electron chi connectivity index (χ3n) is 0. The van der Waals surface area contributed by atoms with Crippen LogP contribution in [0.5, 0.6) is 0 Å². The van der Waals surface area contributed by atoms with Crippen LogP contribution < -0.4 is 0 Å². The van der Waals surface area contributed by atoms with E-state index in [1.54, 1.807) is 0 Å². The first-order chi connectivity index (χ1) is 1.00. The second kappa shape index (κ2) is 135. The molecule has 6 heavy (non-hydrogen) atoms. The van der Waals surface area contributed by atoms with Gasteiger partial charge in [-0.25, -0.2) is 0 Å². The van der Waals surface area contributed by atoms with Crippen LogP contribution in [0.4, 0.5) is 0 Å². The average molecular weight is 180 g/mol. The third-order valence-corrected chi connectivity index (χ3v) is 0. The first-order valence-corrected chi connectivity index (χ1v) is 0.507. The Morgan fingerprint density at radius 2 is 0.833 bits per heavy atom. The number of rotatable bonds is 0. The summed E-state index contributed by atoms with van der Waals surface area (Å²) >= 11 is 3.64. The Balaban J connectivity index is -0.000000000833. The van der Waals surface area contributed by atoms with Crippen LogP contribution in [-0.2, 0) is 0 Å². The highest BCUT2D eigenvalue weighted by Gasteiger charge is 0.897. The van der Waals surface area contributed by atoms with Gasteiger partial charge in [0.15, 0.2) is 0 Å². The zero-order valence-corrected chi connectivity index (χ0v) is 5.76. The molecule has 0 aromatic heterocycles. The molecule has 0 aliphatic heterocycles. The van der Waals surface area contributed by atoms with Gasteiger partial charge >= 0.3 is 0 Å². The Morgan fingerprint density at radius 1 is 0.833 bits per heavy atom. The fraction of sp³-hybridized carbons (Fsp3) is 0. The molecule has 0 fully saturated rings. The first kappa shape index (κ1) is 60.5. The molecule has 0 aliphatic carbocycles. The lowest BCUT2D eigenvalue weighted by atomic mass is 15.9. The molecule has 0 unspecified atom stereocenters. The van der Waals surface area contributed by atoms with Crippen LogP contribution in [0.1, 0.15) is 0 Å². The second-order valence-corrected chi connectivity index (χ2v) is 0. The van der Waals surface area contributed by atoms with Gasteiger partial charge in [-0.15, -0.1) is 37.2 Å². The van der Waals surface area contributed by atoms with Crippen LogP contribution in [0.15, 0.2) is 0 Å². The maximum atomic E-state index is 6.47. The lowest BCUT2D eigenvalue weighted by Gasteiger charge is -1.13. The van der Waals surface area contributed by atoms with E-state index in [4.69, 9.17) is 4.66 Å². The summed E-state index contributed by atoms with van der Waals surface area (Å²) in [4.78, 5) is 0. The van der Waals surface area contributed by atoms with E-state index in [-0.39, 0.29) is 42.7 Å². The Hall–Kier alpha value is 1.08. The van der Waals surface area contributed by atoms with Crippen molar-refractivity contribution in [2.75, 3.05) is 0 Å². The van der Waals surface area contributed by atoms with Gasteiger partial charge in [-0.05, 0) is 0 Å². The topological polar surface area (TPSA) is 51.7 Å². The summed E-state index contributed by atoms with van der Waals surface area (Å²) in [6.07, 6.45) is 0. The molecular formula is H6Cl4O2. The highest BCUT2D eigenvalue weighted by molar-refractivity contribution is 6.04. The van der Waals surface area contributed by atoms with Crippen LogP contribution in [0.2, 0.25) is 0 Å². The smallest absolute Gasteiger partial charge is 0.0579 e. The summed E-state index contributed by atoms with van der Waals surface area (Å²) < 4.78 is 6.47. The summed E-state index contributed by atoms with van der Waals surface area (Å²) in [5, 5.41) is 0. The Labute approximate surface area is 59.6 Å². The quantitative estimate of drug-likeness (QED) is 0.581. The van der Waals surface area contributed by atoms with Crippen molar-refractivity contribution in [1.82, 2.24) is 0 Å². The molecule has 0 aliphatic rings. The van der Waals surface area contributed by atoms with E-state index in [9.17, 15) is 0 Å².